The molecule has 18 heavy (non-hydrogen) atoms. The molecule has 0 amide bonds. The number of pyridine rings is 1. The summed E-state index contributed by atoms with van der Waals surface area (Å²) in [6.07, 6.45) is 10.8. The summed E-state index contributed by atoms with van der Waals surface area (Å²) in [4.78, 5) is 4.32. The number of hydrogen-bond donors (Lipinski definition) is 1. The van der Waals surface area contributed by atoms with Crippen LogP contribution < -0.4 is 5.32 Å². The molecule has 1 fully saturated rings. The quantitative estimate of drug-likeness (QED) is 0.872. The van der Waals surface area contributed by atoms with E-state index in [1.165, 1.54) is 43.2 Å². The minimum atomic E-state index is 0.476. The van der Waals surface area contributed by atoms with Crippen LogP contribution in [0.5, 0.6) is 0 Å². The summed E-state index contributed by atoms with van der Waals surface area (Å²) >= 11 is 0. The maximum atomic E-state index is 4.32. The Bertz CT molecular complexity index is 375. The van der Waals surface area contributed by atoms with Crippen molar-refractivity contribution in [3.63, 3.8) is 0 Å². The fraction of sp³-hybridized carbons (Fsp3) is 0.688. The summed E-state index contributed by atoms with van der Waals surface area (Å²) in [5.41, 5.74) is 2.76. The monoisotopic (exact) mass is 246 g/mol. The summed E-state index contributed by atoms with van der Waals surface area (Å²) in [7, 11) is 2.10. The van der Waals surface area contributed by atoms with Crippen molar-refractivity contribution in [2.45, 2.75) is 52.0 Å². The lowest BCUT2D eigenvalue weighted by molar-refractivity contribution is 0.180. The van der Waals surface area contributed by atoms with Crippen LogP contribution in [0.4, 0.5) is 0 Å². The van der Waals surface area contributed by atoms with Crippen molar-refractivity contribution in [1.82, 2.24) is 10.3 Å². The van der Waals surface area contributed by atoms with Crippen LogP contribution in [-0.4, -0.2) is 12.0 Å². The minimum Gasteiger partial charge on any atom is -0.313 e. The normalized spacial score (nSPS) is 25.9. The van der Waals surface area contributed by atoms with Gasteiger partial charge in [0.25, 0.3) is 0 Å². The Hall–Kier alpha value is -0.890. The van der Waals surface area contributed by atoms with E-state index in [-0.39, 0.29) is 0 Å². The first kappa shape index (κ1) is 13.5. The highest BCUT2D eigenvalue weighted by Gasteiger charge is 2.31. The zero-order chi connectivity index (χ0) is 13.0. The first-order chi connectivity index (χ1) is 8.77. The maximum absolute atomic E-state index is 4.32. The van der Waals surface area contributed by atoms with Crippen LogP contribution in [0, 0.1) is 18.8 Å². The van der Waals surface area contributed by atoms with E-state index in [0.717, 1.165) is 11.8 Å². The Morgan fingerprint density at radius 3 is 2.83 bits per heavy atom. The van der Waals surface area contributed by atoms with Gasteiger partial charge in [-0.2, -0.15) is 0 Å². The van der Waals surface area contributed by atoms with Gasteiger partial charge in [0.05, 0.1) is 0 Å². The summed E-state index contributed by atoms with van der Waals surface area (Å²) in [6.45, 7) is 4.54. The van der Waals surface area contributed by atoms with E-state index in [1.807, 2.05) is 6.20 Å². The first-order valence-corrected chi connectivity index (χ1v) is 7.35. The summed E-state index contributed by atoms with van der Waals surface area (Å²) in [6, 6.07) is 2.60. The van der Waals surface area contributed by atoms with Crippen LogP contribution in [0.1, 0.15) is 56.2 Å². The Morgan fingerprint density at radius 1 is 1.39 bits per heavy atom. The average Bonchev–Trinajstić information content (AvgIpc) is 2.42. The lowest BCUT2D eigenvalue weighted by Gasteiger charge is -2.37. The second-order valence-electron chi connectivity index (χ2n) is 5.62. The molecule has 1 heterocycles. The maximum Gasteiger partial charge on any atom is 0.0366 e. The largest absolute Gasteiger partial charge is 0.313 e. The van der Waals surface area contributed by atoms with E-state index in [2.05, 4.69) is 43.5 Å². The first-order valence-electron chi connectivity index (χ1n) is 7.35. The van der Waals surface area contributed by atoms with Gasteiger partial charge in [-0.3, -0.25) is 4.98 Å². The van der Waals surface area contributed by atoms with Crippen LogP contribution in [0.25, 0.3) is 0 Å². The van der Waals surface area contributed by atoms with Crippen molar-refractivity contribution in [2.24, 2.45) is 11.8 Å². The third-order valence-electron chi connectivity index (χ3n) is 4.65. The van der Waals surface area contributed by atoms with E-state index in [4.69, 9.17) is 0 Å². The molecule has 3 unspecified atom stereocenters. The van der Waals surface area contributed by atoms with Crippen molar-refractivity contribution in [2.75, 3.05) is 7.05 Å². The van der Waals surface area contributed by atoms with Crippen molar-refractivity contribution >= 4 is 0 Å². The van der Waals surface area contributed by atoms with Crippen molar-refractivity contribution in [1.29, 1.82) is 0 Å². The standard InChI is InChI=1S/C16H26N2/c1-4-13-7-5-6-8-14(13)16(17-3)15-11-18-10-9-12(15)2/h9-11,13-14,16-17H,4-8H2,1-3H3. The van der Waals surface area contributed by atoms with Crippen molar-refractivity contribution < 1.29 is 0 Å². The molecule has 100 valence electrons. The van der Waals surface area contributed by atoms with E-state index < -0.39 is 0 Å². The van der Waals surface area contributed by atoms with Gasteiger partial charge in [0, 0.05) is 18.4 Å². The molecule has 1 aromatic rings. The molecular weight excluding hydrogens is 220 g/mol. The Labute approximate surface area is 111 Å². The highest BCUT2D eigenvalue weighted by molar-refractivity contribution is 5.26. The van der Waals surface area contributed by atoms with Gasteiger partial charge < -0.3 is 5.32 Å². The summed E-state index contributed by atoms with van der Waals surface area (Å²) < 4.78 is 0. The van der Waals surface area contributed by atoms with Gasteiger partial charge in [-0.05, 0) is 49.4 Å². The molecule has 1 N–H and O–H groups in total. The van der Waals surface area contributed by atoms with Crippen LogP contribution in [0.2, 0.25) is 0 Å². The highest BCUT2D eigenvalue weighted by atomic mass is 14.9. The fourth-order valence-electron chi connectivity index (χ4n) is 3.58. The van der Waals surface area contributed by atoms with Crippen LogP contribution in [0.15, 0.2) is 18.5 Å². The molecule has 0 aromatic carbocycles. The molecule has 0 aliphatic heterocycles. The van der Waals surface area contributed by atoms with Gasteiger partial charge in [0.2, 0.25) is 0 Å². The molecule has 0 saturated heterocycles. The predicted molar refractivity (Wildman–Crippen MR) is 76.5 cm³/mol. The van der Waals surface area contributed by atoms with Gasteiger partial charge in [-0.25, -0.2) is 0 Å². The molecule has 2 nitrogen and oxygen atoms in total. The molecule has 2 rings (SSSR count). The highest BCUT2D eigenvalue weighted by Crippen LogP contribution is 2.40. The molecular formula is C16H26N2. The SMILES string of the molecule is CCC1CCCCC1C(NC)c1cnccc1C. The molecule has 3 atom stereocenters. The van der Waals surface area contributed by atoms with Gasteiger partial charge in [-0.15, -0.1) is 0 Å². The number of nitrogens with one attached hydrogen (secondary N) is 1. The third kappa shape index (κ3) is 2.74. The van der Waals surface area contributed by atoms with E-state index in [9.17, 15) is 0 Å². The minimum absolute atomic E-state index is 0.476. The molecule has 1 saturated carbocycles. The molecule has 0 spiro atoms. The average molecular weight is 246 g/mol. The Balaban J connectivity index is 2.24. The molecule has 0 bridgehead atoms. The van der Waals surface area contributed by atoms with E-state index in [1.54, 1.807) is 0 Å². The molecule has 2 heteroatoms. The van der Waals surface area contributed by atoms with Crippen LogP contribution in [-0.2, 0) is 0 Å². The van der Waals surface area contributed by atoms with Crippen LogP contribution in [0.3, 0.4) is 0 Å². The second kappa shape index (κ2) is 6.33. The number of nitrogens with zero attached hydrogens (tertiary/aromatic N) is 1. The Morgan fingerprint density at radius 2 is 2.17 bits per heavy atom. The van der Waals surface area contributed by atoms with Crippen LogP contribution >= 0.6 is 0 Å². The van der Waals surface area contributed by atoms with Crippen molar-refractivity contribution in [3.05, 3.63) is 29.6 Å². The molecule has 1 aliphatic carbocycles. The topological polar surface area (TPSA) is 24.9 Å². The number of rotatable bonds is 4. The lowest BCUT2D eigenvalue weighted by Crippen LogP contribution is -2.33. The fourth-order valence-corrected chi connectivity index (χ4v) is 3.58. The van der Waals surface area contributed by atoms with Crippen molar-refractivity contribution in [3.8, 4) is 0 Å². The summed E-state index contributed by atoms with van der Waals surface area (Å²) in [5, 5.41) is 3.55. The van der Waals surface area contributed by atoms with Gasteiger partial charge >= 0.3 is 0 Å². The van der Waals surface area contributed by atoms with Gasteiger partial charge in [0.15, 0.2) is 0 Å². The van der Waals surface area contributed by atoms with E-state index >= 15 is 0 Å². The molecule has 1 aromatic heterocycles. The summed E-state index contributed by atoms with van der Waals surface area (Å²) in [5.74, 6) is 1.65. The van der Waals surface area contributed by atoms with E-state index in [0.29, 0.717) is 6.04 Å². The second-order valence-corrected chi connectivity index (χ2v) is 5.62. The Kier molecular flexibility index (Phi) is 4.76. The molecule has 1 aliphatic rings. The number of aromatic nitrogens is 1. The zero-order valence-electron chi connectivity index (χ0n) is 11.9. The third-order valence-corrected chi connectivity index (χ3v) is 4.65. The van der Waals surface area contributed by atoms with Gasteiger partial charge in [0.1, 0.15) is 0 Å². The zero-order valence-corrected chi connectivity index (χ0v) is 11.9. The molecule has 0 radical (unpaired) electrons. The van der Waals surface area contributed by atoms with Gasteiger partial charge in [-0.1, -0.05) is 32.6 Å². The lowest BCUT2D eigenvalue weighted by atomic mass is 9.72. The number of aryl methyl sites for hydroxylation is 1. The number of hydrogen-bond acceptors (Lipinski definition) is 2. The smallest absolute Gasteiger partial charge is 0.0366 e. The predicted octanol–water partition coefficient (Wildman–Crippen LogP) is 3.87.